The second kappa shape index (κ2) is 3.56. The lowest BCUT2D eigenvalue weighted by molar-refractivity contribution is 1.27. The molecule has 0 fully saturated rings. The van der Waals surface area contributed by atoms with Crippen LogP contribution in [-0.2, 0) is 10.9 Å². The molecule has 16 heavy (non-hydrogen) atoms. The number of benzene rings is 2. The third-order valence-electron chi connectivity index (χ3n) is 2.95. The van der Waals surface area contributed by atoms with Crippen LogP contribution in [-0.4, -0.2) is 6.26 Å². The van der Waals surface area contributed by atoms with E-state index in [-0.39, 0.29) is 10.9 Å². The number of fused-ring (bicyclic) bond motifs is 2. The molecule has 0 bridgehead atoms. The summed E-state index contributed by atoms with van der Waals surface area (Å²) in [7, 11) is 0.187. The highest BCUT2D eigenvalue weighted by atomic mass is 32.2. The molecule has 1 N–H and O–H groups in total. The summed E-state index contributed by atoms with van der Waals surface area (Å²) in [5.74, 6) is 0. The van der Waals surface area contributed by atoms with Gasteiger partial charge >= 0.3 is 0 Å². The molecule has 0 aliphatic carbocycles. The topological polar surface area (TPSA) is 12.0 Å². The first-order valence-corrected chi connectivity index (χ1v) is 7.01. The van der Waals surface area contributed by atoms with E-state index in [0.29, 0.717) is 0 Å². The maximum Gasteiger partial charge on any atom is 0.184 e. The zero-order valence-electron chi connectivity index (χ0n) is 9.45. The van der Waals surface area contributed by atoms with E-state index in [9.17, 15) is 0 Å². The quantitative estimate of drug-likeness (QED) is 0.678. The number of anilines is 2. The van der Waals surface area contributed by atoms with E-state index in [0.717, 1.165) is 0 Å². The third kappa shape index (κ3) is 1.41. The maximum absolute atomic E-state index is 3.51. The van der Waals surface area contributed by atoms with E-state index in [1.807, 2.05) is 0 Å². The van der Waals surface area contributed by atoms with Crippen molar-refractivity contribution in [1.29, 1.82) is 0 Å². The van der Waals surface area contributed by atoms with Crippen LogP contribution in [0.5, 0.6) is 0 Å². The predicted molar refractivity (Wildman–Crippen MR) is 70.7 cm³/mol. The fourth-order valence-corrected chi connectivity index (χ4v) is 3.87. The van der Waals surface area contributed by atoms with Crippen molar-refractivity contribution < 1.29 is 0 Å². The molecule has 0 saturated heterocycles. The highest BCUT2D eigenvalue weighted by molar-refractivity contribution is 7.96. The molecule has 1 atom stereocenters. The maximum atomic E-state index is 3.51. The Balaban J connectivity index is 2.19. The predicted octanol–water partition coefficient (Wildman–Crippen LogP) is 3.72. The van der Waals surface area contributed by atoms with Crippen molar-refractivity contribution in [2.24, 2.45) is 0 Å². The fraction of sp³-hybridized carbons (Fsp3) is 0.143. The Bertz CT molecular complexity index is 548. The summed E-state index contributed by atoms with van der Waals surface area (Å²) in [5.41, 5.74) is 3.85. The molecule has 2 heteroatoms. The smallest absolute Gasteiger partial charge is 0.184 e. The largest absolute Gasteiger partial charge is 0.347 e. The normalized spacial score (nSPS) is 17.2. The van der Waals surface area contributed by atoms with Gasteiger partial charge < -0.3 is 5.32 Å². The molecule has 1 aliphatic rings. The lowest BCUT2D eigenvalue weighted by Crippen LogP contribution is -2.12. The van der Waals surface area contributed by atoms with Crippen molar-refractivity contribution in [3.05, 3.63) is 48.0 Å². The lowest BCUT2D eigenvalue weighted by atomic mass is 10.2. The van der Waals surface area contributed by atoms with E-state index in [2.05, 4.69) is 61.0 Å². The van der Waals surface area contributed by atoms with Gasteiger partial charge in [0.1, 0.15) is 6.26 Å². The minimum atomic E-state index is 0.187. The summed E-state index contributed by atoms with van der Waals surface area (Å²) < 4.78 is 0. The van der Waals surface area contributed by atoms with Crippen LogP contribution in [0.4, 0.5) is 11.4 Å². The van der Waals surface area contributed by atoms with Gasteiger partial charge in [-0.1, -0.05) is 18.2 Å². The molecule has 2 aromatic carbocycles. The standard InChI is InChI=1S/C14H14NS/c1-10-7-8-12-14(9-10)16(2)13-6-4-3-5-11(13)15-12/h3-9,15H,1-2H3/q+1. The zero-order chi connectivity index (χ0) is 11.1. The molecule has 1 unspecified atom stereocenters. The Morgan fingerprint density at radius 3 is 2.56 bits per heavy atom. The number of rotatable bonds is 0. The molecular weight excluding hydrogens is 214 g/mol. The van der Waals surface area contributed by atoms with Gasteiger partial charge in [-0.2, -0.15) is 0 Å². The summed E-state index contributed by atoms with van der Waals surface area (Å²) in [4.78, 5) is 2.85. The third-order valence-corrected chi connectivity index (χ3v) is 4.97. The van der Waals surface area contributed by atoms with Crippen molar-refractivity contribution in [3.63, 3.8) is 0 Å². The highest BCUT2D eigenvalue weighted by Gasteiger charge is 2.30. The van der Waals surface area contributed by atoms with Crippen LogP contribution in [0.15, 0.2) is 52.3 Å². The van der Waals surface area contributed by atoms with Crippen LogP contribution in [0.25, 0.3) is 0 Å². The van der Waals surface area contributed by atoms with Crippen LogP contribution >= 0.6 is 0 Å². The molecule has 0 saturated carbocycles. The lowest BCUT2D eigenvalue weighted by Gasteiger charge is -2.19. The molecular formula is C14H14NS+. The molecule has 1 nitrogen and oxygen atoms in total. The Hall–Kier alpha value is -1.41. The van der Waals surface area contributed by atoms with Crippen LogP contribution in [0.3, 0.4) is 0 Å². The number of aryl methyl sites for hydroxylation is 1. The van der Waals surface area contributed by atoms with E-state index < -0.39 is 0 Å². The summed E-state index contributed by atoms with van der Waals surface area (Å²) in [6.07, 6.45) is 2.30. The van der Waals surface area contributed by atoms with Crippen LogP contribution < -0.4 is 5.32 Å². The first-order chi connectivity index (χ1) is 7.75. The Kier molecular flexibility index (Phi) is 2.18. The Morgan fingerprint density at radius 1 is 0.938 bits per heavy atom. The van der Waals surface area contributed by atoms with Gasteiger partial charge in [-0.05, 0) is 36.8 Å². The van der Waals surface area contributed by atoms with Crippen LogP contribution in [0, 0.1) is 6.92 Å². The Morgan fingerprint density at radius 2 is 1.69 bits per heavy atom. The molecule has 3 rings (SSSR count). The number of nitrogens with one attached hydrogen (secondary N) is 1. The molecule has 1 aliphatic heterocycles. The minimum absolute atomic E-state index is 0.187. The molecule has 0 aromatic heterocycles. The summed E-state index contributed by atoms with van der Waals surface area (Å²) in [6.45, 7) is 2.15. The van der Waals surface area contributed by atoms with Gasteiger partial charge in [-0.25, -0.2) is 0 Å². The van der Waals surface area contributed by atoms with Crippen molar-refractivity contribution in [3.8, 4) is 0 Å². The van der Waals surface area contributed by atoms with Crippen LogP contribution in [0.1, 0.15) is 5.56 Å². The summed E-state index contributed by atoms with van der Waals surface area (Å²) in [5, 5.41) is 3.51. The van der Waals surface area contributed by atoms with E-state index >= 15 is 0 Å². The average Bonchev–Trinajstić information content (AvgIpc) is 2.31. The van der Waals surface area contributed by atoms with Gasteiger partial charge in [0.05, 0.1) is 22.3 Å². The molecule has 0 spiro atoms. The van der Waals surface area contributed by atoms with Gasteiger partial charge in [-0.3, -0.25) is 0 Å². The second-order valence-corrected chi connectivity index (χ2v) is 6.03. The number of para-hydroxylation sites is 1. The van der Waals surface area contributed by atoms with Gasteiger partial charge in [0.25, 0.3) is 0 Å². The number of hydrogen-bond donors (Lipinski definition) is 1. The molecule has 1 heterocycles. The van der Waals surface area contributed by atoms with E-state index in [1.165, 1.54) is 26.7 Å². The van der Waals surface area contributed by atoms with E-state index in [1.54, 1.807) is 0 Å². The zero-order valence-corrected chi connectivity index (χ0v) is 10.3. The monoisotopic (exact) mass is 228 g/mol. The summed E-state index contributed by atoms with van der Waals surface area (Å²) >= 11 is 0. The van der Waals surface area contributed by atoms with Gasteiger partial charge in [0, 0.05) is 0 Å². The number of hydrogen-bond acceptors (Lipinski definition) is 1. The molecule has 2 aromatic rings. The van der Waals surface area contributed by atoms with Crippen molar-refractivity contribution in [1.82, 2.24) is 0 Å². The van der Waals surface area contributed by atoms with Crippen LogP contribution in [0.2, 0.25) is 0 Å². The Labute approximate surface area is 98.9 Å². The van der Waals surface area contributed by atoms with Gasteiger partial charge in [-0.15, -0.1) is 0 Å². The van der Waals surface area contributed by atoms with E-state index in [4.69, 9.17) is 0 Å². The molecule has 0 amide bonds. The first kappa shape index (κ1) is 9.79. The minimum Gasteiger partial charge on any atom is -0.347 e. The average molecular weight is 228 g/mol. The fourth-order valence-electron chi connectivity index (χ4n) is 2.09. The highest BCUT2D eigenvalue weighted by Crippen LogP contribution is 2.39. The summed E-state index contributed by atoms with van der Waals surface area (Å²) in [6, 6.07) is 15.2. The molecule has 80 valence electrons. The van der Waals surface area contributed by atoms with Crippen molar-refractivity contribution in [2.45, 2.75) is 16.7 Å². The SMILES string of the molecule is Cc1ccc2c(c1)[S+](C)c1ccccc1N2. The first-order valence-electron chi connectivity index (χ1n) is 5.38. The van der Waals surface area contributed by atoms with Gasteiger partial charge in [0.15, 0.2) is 9.79 Å². The molecule has 0 radical (unpaired) electrons. The van der Waals surface area contributed by atoms with Crippen molar-refractivity contribution >= 4 is 22.3 Å². The second-order valence-electron chi connectivity index (χ2n) is 4.13. The van der Waals surface area contributed by atoms with Gasteiger partial charge in [0.2, 0.25) is 0 Å². The van der Waals surface area contributed by atoms with Crippen molar-refractivity contribution in [2.75, 3.05) is 11.6 Å².